The molecule has 2 aromatic heterocycles. The number of hydrogen-bond donors (Lipinski definition) is 2. The van der Waals surface area contributed by atoms with Crippen LogP contribution in [0.2, 0.25) is 5.02 Å². The van der Waals surface area contributed by atoms with Gasteiger partial charge in [0.05, 0.1) is 10.6 Å². The SMILES string of the molecule is Cn1ccnc1[C@]1(CCC(=O)n2cc3cc(Cl)c(C(F)(F)F)cc3c2)NC(=O)NC1=O. The lowest BCUT2D eigenvalue weighted by molar-refractivity contribution is -0.137. The highest BCUT2D eigenvalue weighted by Crippen LogP contribution is 2.37. The van der Waals surface area contributed by atoms with E-state index in [4.69, 9.17) is 11.6 Å². The molecule has 31 heavy (non-hydrogen) atoms. The molecule has 0 unspecified atom stereocenters. The van der Waals surface area contributed by atoms with Crippen LogP contribution >= 0.6 is 11.6 Å². The van der Waals surface area contributed by atoms with Crippen LogP contribution in [0.1, 0.15) is 29.0 Å². The first-order valence-electron chi connectivity index (χ1n) is 9.04. The average molecular weight is 454 g/mol. The first-order chi connectivity index (χ1) is 14.5. The van der Waals surface area contributed by atoms with Crippen molar-refractivity contribution in [3.8, 4) is 0 Å². The molecule has 0 aliphatic carbocycles. The van der Waals surface area contributed by atoms with E-state index >= 15 is 0 Å². The van der Waals surface area contributed by atoms with Gasteiger partial charge in [0.25, 0.3) is 5.91 Å². The predicted octanol–water partition coefficient (Wildman–Crippen LogP) is 3.20. The predicted molar refractivity (Wildman–Crippen MR) is 103 cm³/mol. The van der Waals surface area contributed by atoms with Crippen LogP contribution in [0.3, 0.4) is 0 Å². The topological polar surface area (TPSA) is 98.0 Å². The number of urea groups is 1. The molecular weight excluding hydrogens is 439 g/mol. The zero-order valence-corrected chi connectivity index (χ0v) is 16.7. The van der Waals surface area contributed by atoms with Crippen molar-refractivity contribution in [3.63, 3.8) is 0 Å². The van der Waals surface area contributed by atoms with Gasteiger partial charge in [-0.3, -0.25) is 19.5 Å². The number of carbonyl (C=O) groups excluding carboxylic acids is 3. The first kappa shape index (κ1) is 20.9. The van der Waals surface area contributed by atoms with E-state index in [9.17, 15) is 27.6 Å². The maximum absolute atomic E-state index is 13.1. The van der Waals surface area contributed by atoms with Crippen LogP contribution in [0.5, 0.6) is 0 Å². The number of aryl methyl sites for hydroxylation is 1. The Kier molecular flexibility index (Phi) is 4.80. The van der Waals surface area contributed by atoms with Crippen LogP contribution in [-0.2, 0) is 23.6 Å². The van der Waals surface area contributed by atoms with Crippen molar-refractivity contribution in [3.05, 3.63) is 53.3 Å². The van der Waals surface area contributed by atoms with E-state index in [1.807, 2.05) is 0 Å². The van der Waals surface area contributed by atoms with Gasteiger partial charge in [-0.1, -0.05) is 11.6 Å². The summed E-state index contributed by atoms with van der Waals surface area (Å²) >= 11 is 5.74. The van der Waals surface area contributed by atoms with Crippen LogP contribution in [-0.4, -0.2) is 32.0 Å². The third-order valence-electron chi connectivity index (χ3n) is 5.18. The number of aromatic nitrogens is 3. The van der Waals surface area contributed by atoms with Gasteiger partial charge < -0.3 is 9.88 Å². The van der Waals surface area contributed by atoms with Crippen molar-refractivity contribution in [1.29, 1.82) is 0 Å². The van der Waals surface area contributed by atoms with Gasteiger partial charge in [-0.25, -0.2) is 9.78 Å². The third-order valence-corrected chi connectivity index (χ3v) is 5.49. The molecule has 0 saturated carbocycles. The average Bonchev–Trinajstić information content (AvgIpc) is 3.35. The van der Waals surface area contributed by atoms with E-state index in [2.05, 4.69) is 15.6 Å². The molecule has 4 rings (SSSR count). The number of imidazole rings is 1. The maximum atomic E-state index is 13.1. The molecule has 3 amide bonds. The van der Waals surface area contributed by atoms with Gasteiger partial charge >= 0.3 is 12.2 Å². The van der Waals surface area contributed by atoms with Gasteiger partial charge in [-0.05, 0) is 18.6 Å². The highest BCUT2D eigenvalue weighted by Gasteiger charge is 2.50. The zero-order chi connectivity index (χ0) is 22.6. The molecule has 0 spiro atoms. The number of hydrogen-bond acceptors (Lipinski definition) is 4. The largest absolute Gasteiger partial charge is 0.417 e. The lowest BCUT2D eigenvalue weighted by atomic mass is 9.92. The second-order valence-electron chi connectivity index (χ2n) is 7.19. The summed E-state index contributed by atoms with van der Waals surface area (Å²) in [5.41, 5.74) is -2.53. The summed E-state index contributed by atoms with van der Waals surface area (Å²) in [4.78, 5) is 41.2. The summed E-state index contributed by atoms with van der Waals surface area (Å²) in [6, 6.07) is 1.31. The monoisotopic (exact) mass is 453 g/mol. The second-order valence-corrected chi connectivity index (χ2v) is 7.60. The summed E-state index contributed by atoms with van der Waals surface area (Å²) in [6.07, 6.45) is 0.766. The number of fused-ring (bicyclic) bond motifs is 1. The minimum Gasteiger partial charge on any atom is -0.336 e. The minimum atomic E-state index is -4.63. The van der Waals surface area contributed by atoms with Crippen LogP contribution in [0.15, 0.2) is 36.9 Å². The zero-order valence-electron chi connectivity index (χ0n) is 16.0. The lowest BCUT2D eigenvalue weighted by Gasteiger charge is -2.25. The summed E-state index contributed by atoms with van der Waals surface area (Å²) in [5, 5.41) is 4.77. The number of nitrogens with one attached hydrogen (secondary N) is 2. The number of alkyl halides is 3. The van der Waals surface area contributed by atoms with E-state index in [0.29, 0.717) is 5.39 Å². The number of rotatable bonds is 4. The summed E-state index contributed by atoms with van der Waals surface area (Å²) < 4.78 is 41.9. The van der Waals surface area contributed by atoms with E-state index in [1.54, 1.807) is 17.8 Å². The van der Waals surface area contributed by atoms with Crippen LogP contribution < -0.4 is 10.6 Å². The fourth-order valence-corrected chi connectivity index (χ4v) is 3.94. The second kappa shape index (κ2) is 7.12. The van der Waals surface area contributed by atoms with E-state index in [0.717, 1.165) is 16.7 Å². The van der Waals surface area contributed by atoms with Gasteiger partial charge in [0.1, 0.15) is 5.82 Å². The third kappa shape index (κ3) is 3.54. The molecule has 1 aromatic carbocycles. The number of nitrogens with zero attached hydrogens (tertiary/aromatic N) is 3. The van der Waals surface area contributed by atoms with Crippen LogP contribution in [0.25, 0.3) is 10.8 Å². The molecule has 1 atom stereocenters. The first-order valence-corrected chi connectivity index (χ1v) is 9.42. The molecular formula is C19H15ClF3N5O3. The molecule has 12 heteroatoms. The Hall–Kier alpha value is -3.34. The van der Waals surface area contributed by atoms with E-state index in [-0.39, 0.29) is 24.1 Å². The molecule has 3 heterocycles. The van der Waals surface area contributed by atoms with Gasteiger partial charge in [-0.15, -0.1) is 0 Å². The lowest BCUT2D eigenvalue weighted by Crippen LogP contribution is -2.46. The molecule has 1 saturated heterocycles. The number of amides is 3. The van der Waals surface area contributed by atoms with Gasteiger partial charge in [0, 0.05) is 49.0 Å². The summed E-state index contributed by atoms with van der Waals surface area (Å²) in [7, 11) is 1.64. The van der Waals surface area contributed by atoms with Crippen LogP contribution in [0.4, 0.5) is 18.0 Å². The molecule has 1 fully saturated rings. The van der Waals surface area contributed by atoms with Crippen LogP contribution in [0, 0.1) is 0 Å². The van der Waals surface area contributed by atoms with E-state index < -0.39 is 40.1 Å². The van der Waals surface area contributed by atoms with Crippen molar-refractivity contribution >= 4 is 40.2 Å². The van der Waals surface area contributed by atoms with Gasteiger partial charge in [0.15, 0.2) is 5.54 Å². The molecule has 3 aromatic rings. The molecule has 1 aliphatic heterocycles. The number of halogens is 4. The highest BCUT2D eigenvalue weighted by molar-refractivity contribution is 6.32. The standard InChI is InChI=1S/C19H15ClF3N5O3/c1-27-5-4-24-15(27)18(16(30)25-17(31)26-18)3-2-14(29)28-8-10-6-12(19(21,22)23)13(20)7-11(10)9-28/h4-9H,2-3H2,1H3,(H2,25,26,30,31)/t18-/m0/s1. The van der Waals surface area contributed by atoms with Crippen molar-refractivity contribution in [2.24, 2.45) is 7.05 Å². The van der Waals surface area contributed by atoms with Crippen molar-refractivity contribution in [2.45, 2.75) is 24.6 Å². The van der Waals surface area contributed by atoms with Crippen molar-refractivity contribution < 1.29 is 27.6 Å². The molecule has 0 radical (unpaired) electrons. The molecule has 2 N–H and O–H groups in total. The Morgan fingerprint density at radius 2 is 1.90 bits per heavy atom. The molecule has 0 bridgehead atoms. The van der Waals surface area contributed by atoms with E-state index in [1.165, 1.54) is 18.6 Å². The Morgan fingerprint density at radius 1 is 1.23 bits per heavy atom. The van der Waals surface area contributed by atoms with Crippen molar-refractivity contribution in [1.82, 2.24) is 24.8 Å². The highest BCUT2D eigenvalue weighted by atomic mass is 35.5. The normalized spacial score (nSPS) is 19.0. The fourth-order valence-electron chi connectivity index (χ4n) is 3.66. The van der Waals surface area contributed by atoms with Gasteiger partial charge in [0.2, 0.25) is 5.91 Å². The fraction of sp³-hybridized carbons (Fsp3) is 0.263. The smallest absolute Gasteiger partial charge is 0.336 e. The molecule has 162 valence electrons. The maximum Gasteiger partial charge on any atom is 0.417 e. The number of carbonyl (C=O) groups is 3. The van der Waals surface area contributed by atoms with Crippen molar-refractivity contribution in [2.75, 3.05) is 0 Å². The number of imide groups is 1. The quantitative estimate of drug-likeness (QED) is 0.593. The summed E-state index contributed by atoms with van der Waals surface area (Å²) in [5.74, 6) is -0.870. The molecule has 8 nitrogen and oxygen atoms in total. The number of benzene rings is 1. The Bertz CT molecular complexity index is 1230. The minimum absolute atomic E-state index is 0.0999. The Labute approximate surface area is 178 Å². The Balaban J connectivity index is 1.62. The Morgan fingerprint density at radius 3 is 2.45 bits per heavy atom. The summed E-state index contributed by atoms with van der Waals surface area (Å²) in [6.45, 7) is 0. The van der Waals surface area contributed by atoms with Gasteiger partial charge in [-0.2, -0.15) is 13.2 Å². The molecule has 1 aliphatic rings.